The second-order valence-electron chi connectivity index (χ2n) is 9.40. The van der Waals surface area contributed by atoms with Gasteiger partial charge in [0.05, 0.1) is 20.8 Å². The normalized spacial score (nSPS) is 18.5. The number of methoxy groups -OCH3 is 2. The van der Waals surface area contributed by atoms with Crippen molar-refractivity contribution in [3.63, 3.8) is 0 Å². The van der Waals surface area contributed by atoms with E-state index in [9.17, 15) is 4.79 Å². The van der Waals surface area contributed by atoms with Crippen LogP contribution < -0.4 is 14.2 Å². The molecule has 1 saturated heterocycles. The fourth-order valence-corrected chi connectivity index (χ4v) is 5.22. The Morgan fingerprint density at radius 2 is 1.82 bits per heavy atom. The van der Waals surface area contributed by atoms with Crippen molar-refractivity contribution < 1.29 is 19.0 Å². The van der Waals surface area contributed by atoms with Crippen molar-refractivity contribution in [3.8, 4) is 17.2 Å². The summed E-state index contributed by atoms with van der Waals surface area (Å²) in [6, 6.07) is 12.6. The maximum atomic E-state index is 13.2. The van der Waals surface area contributed by atoms with Crippen LogP contribution in [-0.4, -0.2) is 68.8 Å². The molecule has 1 atom stereocenters. The van der Waals surface area contributed by atoms with E-state index in [4.69, 9.17) is 14.2 Å². The van der Waals surface area contributed by atoms with Gasteiger partial charge in [-0.15, -0.1) is 0 Å². The lowest BCUT2D eigenvalue weighted by Gasteiger charge is -2.37. The van der Waals surface area contributed by atoms with Crippen molar-refractivity contribution >= 4 is 5.91 Å². The highest BCUT2D eigenvalue weighted by Gasteiger charge is 2.28. The Hall–Kier alpha value is -2.73. The molecule has 34 heavy (non-hydrogen) atoms. The quantitative estimate of drug-likeness (QED) is 0.474. The number of hydrogen-bond acceptors (Lipinski definition) is 5. The minimum atomic E-state index is 0.108. The average Bonchev–Trinajstić information content (AvgIpc) is 2.86. The molecule has 1 amide bonds. The van der Waals surface area contributed by atoms with E-state index in [0.29, 0.717) is 17.5 Å². The summed E-state index contributed by atoms with van der Waals surface area (Å²) >= 11 is 0. The molecule has 4 rings (SSSR count). The number of carbonyl (C=O) groups excluding carboxylic acids is 1. The van der Waals surface area contributed by atoms with Crippen LogP contribution in [0.15, 0.2) is 36.4 Å². The predicted molar refractivity (Wildman–Crippen MR) is 134 cm³/mol. The van der Waals surface area contributed by atoms with Crippen LogP contribution >= 0.6 is 0 Å². The smallest absolute Gasteiger partial charge is 0.254 e. The SMILES string of the molecule is COc1cc2c(cc1OC)C(=O)N(CCC1CCCCN1CCCOc1cccc(C)c1)CC2. The van der Waals surface area contributed by atoms with Crippen LogP contribution in [0.1, 0.15) is 53.6 Å². The predicted octanol–water partition coefficient (Wildman–Crippen LogP) is 4.72. The molecule has 0 bridgehead atoms. The first kappa shape index (κ1) is 24.4. The van der Waals surface area contributed by atoms with E-state index in [1.165, 1.54) is 24.8 Å². The van der Waals surface area contributed by atoms with Crippen molar-refractivity contribution in [1.29, 1.82) is 0 Å². The summed E-state index contributed by atoms with van der Waals surface area (Å²) in [4.78, 5) is 17.8. The Morgan fingerprint density at radius 1 is 1.00 bits per heavy atom. The Kier molecular flexibility index (Phi) is 8.33. The number of benzene rings is 2. The minimum Gasteiger partial charge on any atom is -0.494 e. The van der Waals surface area contributed by atoms with Crippen LogP contribution in [0, 0.1) is 6.92 Å². The summed E-state index contributed by atoms with van der Waals surface area (Å²) in [6.07, 6.45) is 6.63. The number of hydrogen-bond donors (Lipinski definition) is 0. The number of fused-ring (bicyclic) bond motifs is 1. The third kappa shape index (κ3) is 5.84. The monoisotopic (exact) mass is 466 g/mol. The van der Waals surface area contributed by atoms with Gasteiger partial charge in [0.1, 0.15) is 5.75 Å². The zero-order valence-electron chi connectivity index (χ0n) is 20.8. The number of likely N-dealkylation sites (tertiary alicyclic amines) is 1. The number of ether oxygens (including phenoxy) is 3. The summed E-state index contributed by atoms with van der Waals surface area (Å²) in [5.41, 5.74) is 3.02. The topological polar surface area (TPSA) is 51.2 Å². The van der Waals surface area contributed by atoms with Crippen LogP contribution in [0.2, 0.25) is 0 Å². The molecule has 0 spiro atoms. The second kappa shape index (κ2) is 11.6. The van der Waals surface area contributed by atoms with Gasteiger partial charge in [0.25, 0.3) is 5.91 Å². The zero-order chi connectivity index (χ0) is 23.9. The summed E-state index contributed by atoms with van der Waals surface area (Å²) in [6.45, 7) is 6.57. The molecule has 0 N–H and O–H groups in total. The number of aryl methyl sites for hydroxylation is 1. The van der Waals surface area contributed by atoms with Crippen molar-refractivity contribution in [1.82, 2.24) is 9.80 Å². The van der Waals surface area contributed by atoms with Gasteiger partial charge >= 0.3 is 0 Å². The van der Waals surface area contributed by atoms with Gasteiger partial charge in [-0.1, -0.05) is 18.6 Å². The van der Waals surface area contributed by atoms with E-state index in [1.807, 2.05) is 29.2 Å². The number of carbonyl (C=O) groups is 1. The Morgan fingerprint density at radius 3 is 2.62 bits per heavy atom. The van der Waals surface area contributed by atoms with Gasteiger partial charge in [0.15, 0.2) is 11.5 Å². The molecule has 1 unspecified atom stereocenters. The van der Waals surface area contributed by atoms with Crippen LogP contribution in [0.3, 0.4) is 0 Å². The molecule has 0 radical (unpaired) electrons. The van der Waals surface area contributed by atoms with Crippen molar-refractivity contribution in [2.24, 2.45) is 0 Å². The lowest BCUT2D eigenvalue weighted by molar-refractivity contribution is 0.0693. The summed E-state index contributed by atoms with van der Waals surface area (Å²) in [5, 5.41) is 0. The highest BCUT2D eigenvalue weighted by Crippen LogP contribution is 2.33. The lowest BCUT2D eigenvalue weighted by Crippen LogP contribution is -2.44. The highest BCUT2D eigenvalue weighted by molar-refractivity contribution is 5.97. The first-order chi connectivity index (χ1) is 16.6. The van der Waals surface area contributed by atoms with Gasteiger partial charge < -0.3 is 24.0 Å². The molecule has 2 aliphatic rings. The number of piperidine rings is 1. The largest absolute Gasteiger partial charge is 0.494 e. The van der Waals surface area contributed by atoms with Crippen LogP contribution in [0.5, 0.6) is 17.2 Å². The van der Waals surface area contributed by atoms with E-state index < -0.39 is 0 Å². The molecule has 2 aliphatic heterocycles. The summed E-state index contributed by atoms with van der Waals surface area (Å²) in [7, 11) is 3.24. The Bertz CT molecular complexity index is 977. The molecule has 6 heteroatoms. The standard InChI is InChI=1S/C28H38N2O4/c1-21-8-6-10-24(18-21)34-17-7-14-29-13-5-4-9-23(29)12-16-30-15-11-22-19-26(32-2)27(33-3)20-25(22)28(30)31/h6,8,10,18-20,23H,4-5,7,9,11-17H2,1-3H3. The Labute approximate surface area is 203 Å². The Balaban J connectivity index is 1.29. The van der Waals surface area contributed by atoms with E-state index in [2.05, 4.69) is 24.0 Å². The van der Waals surface area contributed by atoms with Crippen molar-refractivity contribution in [3.05, 3.63) is 53.1 Å². The molecule has 0 aromatic heterocycles. The van der Waals surface area contributed by atoms with E-state index in [0.717, 1.165) is 68.9 Å². The van der Waals surface area contributed by atoms with Gasteiger partial charge in [-0.2, -0.15) is 0 Å². The van der Waals surface area contributed by atoms with Gasteiger partial charge in [-0.05, 0) is 81.0 Å². The zero-order valence-corrected chi connectivity index (χ0v) is 20.8. The van der Waals surface area contributed by atoms with Crippen LogP contribution in [-0.2, 0) is 6.42 Å². The molecule has 2 aromatic carbocycles. The maximum Gasteiger partial charge on any atom is 0.254 e. The number of rotatable bonds is 10. The first-order valence-corrected chi connectivity index (χ1v) is 12.6. The van der Waals surface area contributed by atoms with Crippen molar-refractivity contribution in [2.45, 2.75) is 51.5 Å². The van der Waals surface area contributed by atoms with E-state index in [-0.39, 0.29) is 5.91 Å². The number of nitrogens with zero attached hydrogens (tertiary/aromatic N) is 2. The molecule has 184 valence electrons. The van der Waals surface area contributed by atoms with E-state index >= 15 is 0 Å². The first-order valence-electron chi connectivity index (χ1n) is 12.6. The van der Waals surface area contributed by atoms with Gasteiger partial charge in [0, 0.05) is 31.2 Å². The number of amides is 1. The molecule has 0 aliphatic carbocycles. The highest BCUT2D eigenvalue weighted by atomic mass is 16.5. The third-order valence-corrected chi connectivity index (χ3v) is 7.11. The molecular formula is C28H38N2O4. The fraction of sp³-hybridized carbons (Fsp3) is 0.536. The second-order valence-corrected chi connectivity index (χ2v) is 9.40. The lowest BCUT2D eigenvalue weighted by atomic mass is 9.96. The van der Waals surface area contributed by atoms with Crippen LogP contribution in [0.4, 0.5) is 0 Å². The van der Waals surface area contributed by atoms with Gasteiger partial charge in [-0.25, -0.2) is 0 Å². The molecule has 0 saturated carbocycles. The fourth-order valence-electron chi connectivity index (χ4n) is 5.22. The molecule has 6 nitrogen and oxygen atoms in total. The molecular weight excluding hydrogens is 428 g/mol. The molecule has 2 aromatic rings. The summed E-state index contributed by atoms with van der Waals surface area (Å²) < 4.78 is 16.8. The minimum absolute atomic E-state index is 0.108. The summed E-state index contributed by atoms with van der Waals surface area (Å²) in [5.74, 6) is 2.36. The maximum absolute atomic E-state index is 13.2. The van der Waals surface area contributed by atoms with Gasteiger partial charge in [-0.3, -0.25) is 4.79 Å². The molecule has 2 heterocycles. The third-order valence-electron chi connectivity index (χ3n) is 7.11. The van der Waals surface area contributed by atoms with Crippen LogP contribution in [0.25, 0.3) is 0 Å². The van der Waals surface area contributed by atoms with E-state index in [1.54, 1.807) is 14.2 Å². The average molecular weight is 467 g/mol. The molecule has 1 fully saturated rings. The van der Waals surface area contributed by atoms with Gasteiger partial charge in [0.2, 0.25) is 0 Å². The van der Waals surface area contributed by atoms with Crippen molar-refractivity contribution in [2.75, 3.05) is 47.0 Å².